The summed E-state index contributed by atoms with van der Waals surface area (Å²) in [4.78, 5) is 14.4. The summed E-state index contributed by atoms with van der Waals surface area (Å²) in [6.45, 7) is 0.650. The number of hydrogen-bond donors (Lipinski definition) is 1. The minimum Gasteiger partial charge on any atom is -0.495 e. The Morgan fingerprint density at radius 2 is 1.96 bits per heavy atom. The van der Waals surface area contributed by atoms with Gasteiger partial charge in [0.15, 0.2) is 0 Å². The van der Waals surface area contributed by atoms with Crippen LogP contribution in [0.4, 0.5) is 11.4 Å². The lowest BCUT2D eigenvalue weighted by molar-refractivity contribution is -0.117. The van der Waals surface area contributed by atoms with Gasteiger partial charge in [-0.05, 0) is 42.8 Å². The number of nitrogens with one attached hydrogen (secondary N) is 1. The van der Waals surface area contributed by atoms with E-state index in [4.69, 9.17) is 10.00 Å². The highest BCUT2D eigenvalue weighted by molar-refractivity contribution is 6.01. The smallest absolute Gasteiger partial charge is 0.249 e. The quantitative estimate of drug-likeness (QED) is 0.943. The molecule has 23 heavy (non-hydrogen) atoms. The number of para-hydroxylation sites is 2. The van der Waals surface area contributed by atoms with Crippen molar-refractivity contribution in [2.24, 2.45) is 0 Å². The second-order valence-electron chi connectivity index (χ2n) is 5.33. The van der Waals surface area contributed by atoms with Crippen molar-refractivity contribution >= 4 is 17.3 Å². The van der Waals surface area contributed by atoms with Gasteiger partial charge in [0.05, 0.1) is 24.4 Å². The molecule has 3 rings (SSSR count). The van der Waals surface area contributed by atoms with Crippen molar-refractivity contribution in [2.45, 2.75) is 12.5 Å². The predicted molar refractivity (Wildman–Crippen MR) is 88.5 cm³/mol. The van der Waals surface area contributed by atoms with Crippen LogP contribution in [-0.2, 0) is 4.79 Å². The number of nitrogens with zero attached hydrogens (tertiary/aromatic N) is 2. The molecule has 0 aliphatic carbocycles. The molecule has 116 valence electrons. The number of anilines is 2. The Morgan fingerprint density at radius 3 is 2.65 bits per heavy atom. The third-order valence-corrected chi connectivity index (χ3v) is 3.95. The van der Waals surface area contributed by atoms with Crippen molar-refractivity contribution in [2.75, 3.05) is 23.9 Å². The standard InChI is InChI=1S/C18H17N3O2/c1-23-17-5-3-2-4-15(17)20-16-10-11-21(18(16)22)14-8-6-13(12-19)7-9-14/h2-9,16,20H,10-11H2,1H3/t16-/m0/s1. The highest BCUT2D eigenvalue weighted by Crippen LogP contribution is 2.28. The Kier molecular flexibility index (Phi) is 4.15. The van der Waals surface area contributed by atoms with Crippen LogP contribution in [-0.4, -0.2) is 25.6 Å². The molecule has 0 radical (unpaired) electrons. The van der Waals surface area contributed by atoms with Gasteiger partial charge in [-0.2, -0.15) is 5.26 Å². The number of benzene rings is 2. The minimum absolute atomic E-state index is 0.0283. The van der Waals surface area contributed by atoms with Gasteiger partial charge in [0.2, 0.25) is 5.91 Å². The SMILES string of the molecule is COc1ccccc1N[C@H]1CCN(c2ccc(C#N)cc2)C1=O. The third-order valence-electron chi connectivity index (χ3n) is 3.95. The Hall–Kier alpha value is -3.00. The Bertz CT molecular complexity index is 750. The van der Waals surface area contributed by atoms with Crippen molar-refractivity contribution in [3.8, 4) is 11.8 Å². The number of rotatable bonds is 4. The second-order valence-corrected chi connectivity index (χ2v) is 5.33. The summed E-state index contributed by atoms with van der Waals surface area (Å²) >= 11 is 0. The van der Waals surface area contributed by atoms with Crippen LogP contribution in [0.3, 0.4) is 0 Å². The number of ether oxygens (including phenoxy) is 1. The summed E-state index contributed by atoms with van der Waals surface area (Å²) in [5, 5.41) is 12.1. The van der Waals surface area contributed by atoms with Gasteiger partial charge in [0.25, 0.3) is 0 Å². The number of methoxy groups -OCH3 is 1. The first-order valence-electron chi connectivity index (χ1n) is 7.44. The molecule has 2 aromatic carbocycles. The number of amides is 1. The van der Waals surface area contributed by atoms with Crippen molar-refractivity contribution < 1.29 is 9.53 Å². The molecule has 0 bridgehead atoms. The van der Waals surface area contributed by atoms with Gasteiger partial charge in [0, 0.05) is 12.2 Å². The molecular formula is C18H17N3O2. The van der Waals surface area contributed by atoms with Gasteiger partial charge < -0.3 is 15.0 Å². The molecule has 1 aliphatic rings. The molecule has 0 aromatic heterocycles. The summed E-state index contributed by atoms with van der Waals surface area (Å²) in [6, 6.07) is 16.4. The summed E-state index contributed by atoms with van der Waals surface area (Å²) in [7, 11) is 1.61. The molecule has 1 atom stereocenters. The highest BCUT2D eigenvalue weighted by Gasteiger charge is 2.32. The fraction of sp³-hybridized carbons (Fsp3) is 0.222. The molecule has 1 amide bonds. The summed E-state index contributed by atoms with van der Waals surface area (Å²) in [6.07, 6.45) is 0.719. The topological polar surface area (TPSA) is 65.4 Å². The van der Waals surface area contributed by atoms with Crippen LogP contribution in [0.15, 0.2) is 48.5 Å². The van der Waals surface area contributed by atoms with E-state index in [-0.39, 0.29) is 11.9 Å². The lowest BCUT2D eigenvalue weighted by atomic mass is 10.2. The van der Waals surface area contributed by atoms with Crippen LogP contribution in [0, 0.1) is 11.3 Å². The van der Waals surface area contributed by atoms with Gasteiger partial charge in [-0.25, -0.2) is 0 Å². The number of carbonyl (C=O) groups excluding carboxylic acids is 1. The predicted octanol–water partition coefficient (Wildman–Crippen LogP) is 2.78. The van der Waals surface area contributed by atoms with Crippen molar-refractivity contribution in [3.05, 3.63) is 54.1 Å². The maximum atomic E-state index is 12.6. The number of nitriles is 1. The van der Waals surface area contributed by atoms with E-state index >= 15 is 0 Å². The molecule has 2 aromatic rings. The largest absolute Gasteiger partial charge is 0.495 e. The maximum Gasteiger partial charge on any atom is 0.249 e. The number of hydrogen-bond acceptors (Lipinski definition) is 4. The summed E-state index contributed by atoms with van der Waals surface area (Å²) < 4.78 is 5.31. The first kappa shape index (κ1) is 14.9. The van der Waals surface area contributed by atoms with E-state index in [1.165, 1.54) is 0 Å². The molecule has 5 heteroatoms. The minimum atomic E-state index is -0.276. The van der Waals surface area contributed by atoms with E-state index in [9.17, 15) is 4.79 Å². The summed E-state index contributed by atoms with van der Waals surface area (Å²) in [5.74, 6) is 0.748. The van der Waals surface area contributed by atoms with Crippen molar-refractivity contribution in [1.29, 1.82) is 5.26 Å². The van der Waals surface area contributed by atoms with E-state index in [2.05, 4.69) is 11.4 Å². The van der Waals surface area contributed by atoms with Crippen LogP contribution >= 0.6 is 0 Å². The molecule has 1 fully saturated rings. The molecule has 1 aliphatic heterocycles. The van der Waals surface area contributed by atoms with Crippen molar-refractivity contribution in [1.82, 2.24) is 0 Å². The van der Waals surface area contributed by atoms with Crippen LogP contribution < -0.4 is 15.0 Å². The van der Waals surface area contributed by atoms with Gasteiger partial charge in [-0.3, -0.25) is 4.79 Å². The maximum absolute atomic E-state index is 12.6. The molecule has 1 N–H and O–H groups in total. The Labute approximate surface area is 135 Å². The van der Waals surface area contributed by atoms with Gasteiger partial charge in [-0.15, -0.1) is 0 Å². The molecule has 0 spiro atoms. The van der Waals surface area contributed by atoms with E-state index in [0.717, 1.165) is 23.5 Å². The first-order valence-corrected chi connectivity index (χ1v) is 7.44. The van der Waals surface area contributed by atoms with Gasteiger partial charge >= 0.3 is 0 Å². The molecular weight excluding hydrogens is 290 g/mol. The monoisotopic (exact) mass is 307 g/mol. The van der Waals surface area contributed by atoms with E-state index < -0.39 is 0 Å². The van der Waals surface area contributed by atoms with Gasteiger partial charge in [0.1, 0.15) is 11.8 Å². The zero-order valence-corrected chi connectivity index (χ0v) is 12.8. The van der Waals surface area contributed by atoms with Gasteiger partial charge in [-0.1, -0.05) is 12.1 Å². The van der Waals surface area contributed by atoms with Crippen LogP contribution in [0.5, 0.6) is 5.75 Å². The number of carbonyl (C=O) groups is 1. The van der Waals surface area contributed by atoms with Crippen LogP contribution in [0.2, 0.25) is 0 Å². The average Bonchev–Trinajstić information content (AvgIpc) is 2.96. The molecule has 1 heterocycles. The van der Waals surface area contributed by atoms with E-state index in [1.54, 1.807) is 24.1 Å². The summed E-state index contributed by atoms with van der Waals surface area (Å²) in [5.41, 5.74) is 2.22. The second kappa shape index (κ2) is 6.41. The fourth-order valence-corrected chi connectivity index (χ4v) is 2.74. The van der Waals surface area contributed by atoms with E-state index in [1.807, 2.05) is 36.4 Å². The lowest BCUT2D eigenvalue weighted by Gasteiger charge is -2.18. The molecule has 5 nitrogen and oxygen atoms in total. The molecule has 0 unspecified atom stereocenters. The Morgan fingerprint density at radius 1 is 1.22 bits per heavy atom. The van der Waals surface area contributed by atoms with Crippen LogP contribution in [0.25, 0.3) is 0 Å². The molecule has 1 saturated heterocycles. The highest BCUT2D eigenvalue weighted by atomic mass is 16.5. The van der Waals surface area contributed by atoms with Crippen molar-refractivity contribution in [3.63, 3.8) is 0 Å². The zero-order valence-electron chi connectivity index (χ0n) is 12.8. The normalized spacial score (nSPS) is 17.0. The fourth-order valence-electron chi connectivity index (χ4n) is 2.74. The van der Waals surface area contributed by atoms with E-state index in [0.29, 0.717) is 12.1 Å². The average molecular weight is 307 g/mol. The first-order chi connectivity index (χ1) is 11.2. The van der Waals surface area contributed by atoms with Crippen LogP contribution in [0.1, 0.15) is 12.0 Å². The Balaban J connectivity index is 1.75. The molecule has 0 saturated carbocycles. The zero-order chi connectivity index (χ0) is 16.2. The lowest BCUT2D eigenvalue weighted by Crippen LogP contribution is -2.33. The third kappa shape index (κ3) is 2.97.